The van der Waals surface area contributed by atoms with E-state index in [9.17, 15) is 5.11 Å². The highest BCUT2D eigenvalue weighted by Crippen LogP contribution is 2.19. The van der Waals surface area contributed by atoms with Crippen molar-refractivity contribution in [1.82, 2.24) is 5.32 Å². The Balaban J connectivity index is 2.14. The third-order valence-corrected chi connectivity index (χ3v) is 3.65. The Kier molecular flexibility index (Phi) is 6.37. The number of hydrogen-bond donors (Lipinski definition) is 2. The van der Waals surface area contributed by atoms with Gasteiger partial charge in [-0.1, -0.05) is 39.5 Å². The molecule has 0 aromatic carbocycles. The van der Waals surface area contributed by atoms with E-state index in [4.69, 9.17) is 0 Å². The van der Waals surface area contributed by atoms with Gasteiger partial charge in [0.25, 0.3) is 0 Å². The summed E-state index contributed by atoms with van der Waals surface area (Å²) in [6.07, 6.45) is 8.34. The Labute approximate surface area is 101 Å². The van der Waals surface area contributed by atoms with Crippen LogP contribution >= 0.6 is 0 Å². The Hall–Kier alpha value is -0.0800. The number of nitrogens with one attached hydrogen (secondary N) is 1. The van der Waals surface area contributed by atoms with Crippen LogP contribution in [0.25, 0.3) is 0 Å². The van der Waals surface area contributed by atoms with Crippen LogP contribution in [0.2, 0.25) is 0 Å². The number of aliphatic hydroxyl groups is 1. The fourth-order valence-electron chi connectivity index (χ4n) is 2.59. The monoisotopic (exact) mass is 227 g/mol. The maximum Gasteiger partial charge on any atom is 0.0693 e. The lowest BCUT2D eigenvalue weighted by Crippen LogP contribution is -2.46. The predicted molar refractivity (Wildman–Crippen MR) is 69.5 cm³/mol. The minimum Gasteiger partial charge on any atom is -0.392 e. The van der Waals surface area contributed by atoms with Gasteiger partial charge < -0.3 is 10.4 Å². The van der Waals surface area contributed by atoms with E-state index >= 15 is 0 Å². The van der Waals surface area contributed by atoms with E-state index in [1.165, 1.54) is 32.1 Å². The predicted octanol–water partition coefficient (Wildman–Crippen LogP) is 3.09. The van der Waals surface area contributed by atoms with Gasteiger partial charge in [0.15, 0.2) is 0 Å². The SMILES string of the molecule is CC(C)CCCC(C)NC1CCCCC1O. The van der Waals surface area contributed by atoms with Crippen LogP contribution < -0.4 is 5.32 Å². The zero-order valence-electron chi connectivity index (χ0n) is 11.2. The van der Waals surface area contributed by atoms with Crippen LogP contribution in [0.3, 0.4) is 0 Å². The summed E-state index contributed by atoms with van der Waals surface area (Å²) in [5.74, 6) is 0.812. The molecule has 3 unspecified atom stereocenters. The standard InChI is InChI=1S/C14H29NO/c1-11(2)7-6-8-12(3)15-13-9-4-5-10-14(13)16/h11-16H,4-10H2,1-3H3. The second kappa shape index (κ2) is 7.29. The zero-order chi connectivity index (χ0) is 12.0. The van der Waals surface area contributed by atoms with Crippen LogP contribution in [0.1, 0.15) is 65.7 Å². The molecule has 0 spiro atoms. The molecule has 1 saturated carbocycles. The molecule has 0 saturated heterocycles. The lowest BCUT2D eigenvalue weighted by atomic mass is 9.91. The summed E-state index contributed by atoms with van der Waals surface area (Å²) in [5, 5.41) is 13.5. The van der Waals surface area contributed by atoms with Crippen molar-refractivity contribution < 1.29 is 5.11 Å². The van der Waals surface area contributed by atoms with E-state index in [2.05, 4.69) is 26.1 Å². The quantitative estimate of drug-likeness (QED) is 0.731. The minimum absolute atomic E-state index is 0.110. The fourth-order valence-corrected chi connectivity index (χ4v) is 2.59. The van der Waals surface area contributed by atoms with Crippen molar-refractivity contribution >= 4 is 0 Å². The highest BCUT2D eigenvalue weighted by atomic mass is 16.3. The summed E-state index contributed by atoms with van der Waals surface area (Å²) in [4.78, 5) is 0. The Morgan fingerprint density at radius 2 is 1.81 bits per heavy atom. The Bertz CT molecular complexity index is 182. The van der Waals surface area contributed by atoms with Crippen molar-refractivity contribution in [1.29, 1.82) is 0 Å². The average Bonchev–Trinajstić information content (AvgIpc) is 2.21. The maximum atomic E-state index is 9.87. The lowest BCUT2D eigenvalue weighted by molar-refractivity contribution is 0.0851. The van der Waals surface area contributed by atoms with Crippen molar-refractivity contribution in [2.24, 2.45) is 5.92 Å². The number of hydrogen-bond acceptors (Lipinski definition) is 2. The molecule has 1 aliphatic rings. The number of aliphatic hydroxyl groups excluding tert-OH is 1. The van der Waals surface area contributed by atoms with Crippen molar-refractivity contribution in [2.75, 3.05) is 0 Å². The molecule has 0 radical (unpaired) electrons. The minimum atomic E-state index is -0.110. The molecule has 16 heavy (non-hydrogen) atoms. The molecule has 0 amide bonds. The van der Waals surface area contributed by atoms with Crippen LogP contribution in [0.4, 0.5) is 0 Å². The molecule has 96 valence electrons. The molecular weight excluding hydrogens is 198 g/mol. The van der Waals surface area contributed by atoms with Crippen LogP contribution in [-0.4, -0.2) is 23.3 Å². The molecule has 0 heterocycles. The van der Waals surface area contributed by atoms with Gasteiger partial charge in [-0.25, -0.2) is 0 Å². The largest absolute Gasteiger partial charge is 0.392 e. The summed E-state index contributed by atoms with van der Waals surface area (Å²) >= 11 is 0. The van der Waals surface area contributed by atoms with Crippen LogP contribution in [0.5, 0.6) is 0 Å². The summed E-state index contributed by atoms with van der Waals surface area (Å²) in [7, 11) is 0. The normalized spacial score (nSPS) is 28.3. The molecule has 1 fully saturated rings. The Morgan fingerprint density at radius 3 is 2.44 bits per heavy atom. The van der Waals surface area contributed by atoms with Crippen LogP contribution in [0.15, 0.2) is 0 Å². The van der Waals surface area contributed by atoms with Gasteiger partial charge in [-0.2, -0.15) is 0 Å². The molecule has 2 nitrogen and oxygen atoms in total. The van der Waals surface area contributed by atoms with Gasteiger partial charge in [-0.3, -0.25) is 0 Å². The van der Waals surface area contributed by atoms with Gasteiger partial charge in [0.2, 0.25) is 0 Å². The molecule has 2 N–H and O–H groups in total. The maximum absolute atomic E-state index is 9.87. The topological polar surface area (TPSA) is 32.3 Å². The summed E-state index contributed by atoms with van der Waals surface area (Å²) < 4.78 is 0. The first-order valence-corrected chi connectivity index (χ1v) is 7.03. The fraction of sp³-hybridized carbons (Fsp3) is 1.00. The van der Waals surface area contributed by atoms with E-state index in [0.29, 0.717) is 12.1 Å². The highest BCUT2D eigenvalue weighted by molar-refractivity contribution is 4.82. The zero-order valence-corrected chi connectivity index (χ0v) is 11.2. The second-order valence-electron chi connectivity index (χ2n) is 5.85. The number of rotatable bonds is 6. The van der Waals surface area contributed by atoms with Gasteiger partial charge in [0.05, 0.1) is 6.10 Å². The van der Waals surface area contributed by atoms with Crippen LogP contribution in [0, 0.1) is 5.92 Å². The third-order valence-electron chi connectivity index (χ3n) is 3.65. The first kappa shape index (κ1) is 14.0. The first-order chi connectivity index (χ1) is 7.59. The van der Waals surface area contributed by atoms with Gasteiger partial charge in [-0.05, 0) is 32.1 Å². The van der Waals surface area contributed by atoms with E-state index in [-0.39, 0.29) is 6.10 Å². The molecule has 0 aliphatic heterocycles. The first-order valence-electron chi connectivity index (χ1n) is 7.03. The summed E-state index contributed by atoms with van der Waals surface area (Å²) in [6.45, 7) is 6.81. The lowest BCUT2D eigenvalue weighted by Gasteiger charge is -2.31. The molecule has 3 atom stereocenters. The van der Waals surface area contributed by atoms with Crippen molar-refractivity contribution in [3.05, 3.63) is 0 Å². The van der Waals surface area contributed by atoms with Gasteiger partial charge >= 0.3 is 0 Å². The molecule has 0 bridgehead atoms. The van der Waals surface area contributed by atoms with E-state index in [0.717, 1.165) is 18.8 Å². The molecule has 2 heteroatoms. The molecule has 1 rings (SSSR count). The summed E-state index contributed by atoms with van der Waals surface area (Å²) in [6, 6.07) is 0.902. The molecule has 0 aromatic heterocycles. The summed E-state index contributed by atoms with van der Waals surface area (Å²) in [5.41, 5.74) is 0. The van der Waals surface area contributed by atoms with Crippen molar-refractivity contribution in [2.45, 2.75) is 83.9 Å². The Morgan fingerprint density at radius 1 is 1.12 bits per heavy atom. The molecule has 1 aliphatic carbocycles. The van der Waals surface area contributed by atoms with Crippen molar-refractivity contribution in [3.63, 3.8) is 0 Å². The van der Waals surface area contributed by atoms with Gasteiger partial charge in [-0.15, -0.1) is 0 Å². The van der Waals surface area contributed by atoms with E-state index in [1.54, 1.807) is 0 Å². The third kappa shape index (κ3) is 5.31. The van der Waals surface area contributed by atoms with Crippen molar-refractivity contribution in [3.8, 4) is 0 Å². The van der Waals surface area contributed by atoms with Gasteiger partial charge in [0, 0.05) is 12.1 Å². The smallest absolute Gasteiger partial charge is 0.0693 e. The second-order valence-corrected chi connectivity index (χ2v) is 5.85. The van der Waals surface area contributed by atoms with E-state index in [1.807, 2.05) is 0 Å². The molecule has 0 aromatic rings. The highest BCUT2D eigenvalue weighted by Gasteiger charge is 2.23. The van der Waals surface area contributed by atoms with E-state index < -0.39 is 0 Å². The van der Waals surface area contributed by atoms with Crippen LogP contribution in [-0.2, 0) is 0 Å². The average molecular weight is 227 g/mol. The molecular formula is C14H29NO. The van der Waals surface area contributed by atoms with Gasteiger partial charge in [0.1, 0.15) is 0 Å².